The molecule has 0 aromatic heterocycles. The van der Waals surface area contributed by atoms with Gasteiger partial charge in [-0.1, -0.05) is 50.1 Å². The number of unbranched alkanes of at least 4 members (excludes halogenated alkanes) is 2. The van der Waals surface area contributed by atoms with E-state index in [4.69, 9.17) is 4.74 Å². The SMILES string of the molecule is CCCNC(CCCCCOC)c1ccccc1. The van der Waals surface area contributed by atoms with Crippen molar-refractivity contribution in [2.45, 2.75) is 45.1 Å². The van der Waals surface area contributed by atoms with Crippen LogP contribution in [0.15, 0.2) is 30.3 Å². The molecule has 0 saturated heterocycles. The minimum Gasteiger partial charge on any atom is -0.385 e. The first kappa shape index (κ1) is 15.2. The number of nitrogens with one attached hydrogen (secondary N) is 1. The Bertz CT molecular complexity index is 286. The zero-order chi connectivity index (χ0) is 13.1. The van der Waals surface area contributed by atoms with Gasteiger partial charge in [-0.05, 0) is 31.4 Å². The molecule has 1 rings (SSSR count). The largest absolute Gasteiger partial charge is 0.385 e. The molecule has 0 fully saturated rings. The average Bonchev–Trinajstić information content (AvgIpc) is 2.43. The number of ether oxygens (including phenoxy) is 1. The summed E-state index contributed by atoms with van der Waals surface area (Å²) in [4.78, 5) is 0. The molecule has 1 aromatic rings. The molecule has 0 heterocycles. The van der Waals surface area contributed by atoms with Gasteiger partial charge < -0.3 is 10.1 Å². The van der Waals surface area contributed by atoms with E-state index in [1.54, 1.807) is 7.11 Å². The Morgan fingerprint density at radius 2 is 1.89 bits per heavy atom. The first-order valence-corrected chi connectivity index (χ1v) is 7.15. The second-order valence-electron chi connectivity index (χ2n) is 4.76. The minimum absolute atomic E-state index is 0.508. The van der Waals surface area contributed by atoms with Crippen molar-refractivity contribution in [3.63, 3.8) is 0 Å². The standard InChI is InChI=1S/C16H27NO/c1-3-13-17-16(12-8-5-9-14-18-2)15-10-6-4-7-11-15/h4,6-7,10-11,16-17H,3,5,8-9,12-14H2,1-2H3. The van der Waals surface area contributed by atoms with Crippen molar-refractivity contribution in [3.05, 3.63) is 35.9 Å². The third-order valence-electron chi connectivity index (χ3n) is 3.18. The van der Waals surface area contributed by atoms with Crippen LogP contribution in [0.4, 0.5) is 0 Å². The molecule has 1 unspecified atom stereocenters. The van der Waals surface area contributed by atoms with Crippen molar-refractivity contribution in [2.75, 3.05) is 20.3 Å². The summed E-state index contributed by atoms with van der Waals surface area (Å²) in [5.41, 5.74) is 1.41. The summed E-state index contributed by atoms with van der Waals surface area (Å²) in [5, 5.41) is 3.65. The molecule has 1 aromatic carbocycles. The van der Waals surface area contributed by atoms with Crippen LogP contribution in [0.1, 0.15) is 50.6 Å². The summed E-state index contributed by atoms with van der Waals surface area (Å²) in [5.74, 6) is 0. The maximum atomic E-state index is 5.08. The molecule has 0 spiro atoms. The summed E-state index contributed by atoms with van der Waals surface area (Å²) in [6, 6.07) is 11.3. The quantitative estimate of drug-likeness (QED) is 0.634. The van der Waals surface area contributed by atoms with Crippen molar-refractivity contribution >= 4 is 0 Å². The molecule has 0 saturated carbocycles. The van der Waals surface area contributed by atoms with Crippen LogP contribution in [0.25, 0.3) is 0 Å². The molecule has 0 amide bonds. The molecule has 102 valence electrons. The van der Waals surface area contributed by atoms with Gasteiger partial charge in [-0.25, -0.2) is 0 Å². The van der Waals surface area contributed by atoms with Gasteiger partial charge in [-0.3, -0.25) is 0 Å². The Balaban J connectivity index is 2.36. The first-order valence-electron chi connectivity index (χ1n) is 7.15. The molecule has 1 N–H and O–H groups in total. The smallest absolute Gasteiger partial charge is 0.0462 e. The molecular weight excluding hydrogens is 222 g/mol. The lowest BCUT2D eigenvalue weighted by atomic mass is 10.0. The maximum absolute atomic E-state index is 5.08. The number of benzene rings is 1. The maximum Gasteiger partial charge on any atom is 0.0462 e. The van der Waals surface area contributed by atoms with Crippen LogP contribution in [0.3, 0.4) is 0 Å². The van der Waals surface area contributed by atoms with Crippen LogP contribution in [-0.2, 0) is 4.74 Å². The van der Waals surface area contributed by atoms with Gasteiger partial charge in [0.05, 0.1) is 0 Å². The Morgan fingerprint density at radius 3 is 2.56 bits per heavy atom. The highest BCUT2D eigenvalue weighted by molar-refractivity contribution is 5.18. The van der Waals surface area contributed by atoms with Crippen LogP contribution in [0.5, 0.6) is 0 Å². The third-order valence-corrected chi connectivity index (χ3v) is 3.18. The summed E-state index contributed by atoms with van der Waals surface area (Å²) >= 11 is 0. The van der Waals surface area contributed by atoms with Gasteiger partial charge in [-0.15, -0.1) is 0 Å². The van der Waals surface area contributed by atoms with Crippen LogP contribution in [-0.4, -0.2) is 20.3 Å². The summed E-state index contributed by atoms with van der Waals surface area (Å²) in [6.45, 7) is 4.20. The zero-order valence-corrected chi connectivity index (χ0v) is 11.8. The Hall–Kier alpha value is -0.860. The molecule has 0 aliphatic rings. The number of methoxy groups -OCH3 is 1. The molecule has 0 radical (unpaired) electrons. The fraction of sp³-hybridized carbons (Fsp3) is 0.625. The molecular formula is C16H27NO. The normalized spacial score (nSPS) is 12.6. The van der Waals surface area contributed by atoms with Crippen LogP contribution < -0.4 is 5.32 Å². The molecule has 18 heavy (non-hydrogen) atoms. The van der Waals surface area contributed by atoms with E-state index in [0.29, 0.717) is 6.04 Å². The van der Waals surface area contributed by atoms with E-state index < -0.39 is 0 Å². The van der Waals surface area contributed by atoms with Crippen molar-refractivity contribution in [3.8, 4) is 0 Å². The average molecular weight is 249 g/mol. The van der Waals surface area contributed by atoms with E-state index in [1.165, 1.54) is 37.7 Å². The van der Waals surface area contributed by atoms with Gasteiger partial charge >= 0.3 is 0 Å². The van der Waals surface area contributed by atoms with Gasteiger partial charge in [0.1, 0.15) is 0 Å². The van der Waals surface area contributed by atoms with Gasteiger partial charge in [-0.2, -0.15) is 0 Å². The predicted octanol–water partition coefficient (Wildman–Crippen LogP) is 3.93. The lowest BCUT2D eigenvalue weighted by Gasteiger charge is -2.19. The second kappa shape index (κ2) is 10.1. The highest BCUT2D eigenvalue weighted by atomic mass is 16.5. The second-order valence-corrected chi connectivity index (χ2v) is 4.76. The fourth-order valence-corrected chi connectivity index (χ4v) is 2.16. The van der Waals surface area contributed by atoms with Crippen molar-refractivity contribution in [1.82, 2.24) is 5.32 Å². The van der Waals surface area contributed by atoms with Crippen LogP contribution in [0, 0.1) is 0 Å². The highest BCUT2D eigenvalue weighted by Crippen LogP contribution is 2.19. The number of rotatable bonds is 10. The van der Waals surface area contributed by atoms with Crippen molar-refractivity contribution < 1.29 is 4.74 Å². The van der Waals surface area contributed by atoms with E-state index in [-0.39, 0.29) is 0 Å². The highest BCUT2D eigenvalue weighted by Gasteiger charge is 2.09. The van der Waals surface area contributed by atoms with Gasteiger partial charge in [0.25, 0.3) is 0 Å². The molecule has 0 aliphatic heterocycles. The molecule has 0 aliphatic carbocycles. The van der Waals surface area contributed by atoms with E-state index in [2.05, 4.69) is 42.6 Å². The summed E-state index contributed by atoms with van der Waals surface area (Å²) < 4.78 is 5.08. The lowest BCUT2D eigenvalue weighted by molar-refractivity contribution is 0.191. The third kappa shape index (κ3) is 6.18. The van der Waals surface area contributed by atoms with Crippen LogP contribution >= 0.6 is 0 Å². The molecule has 0 bridgehead atoms. The predicted molar refractivity (Wildman–Crippen MR) is 77.8 cm³/mol. The Kier molecular flexibility index (Phi) is 8.53. The van der Waals surface area contributed by atoms with E-state index >= 15 is 0 Å². The Labute approximate surface area is 112 Å². The van der Waals surface area contributed by atoms with E-state index in [1.807, 2.05) is 0 Å². The van der Waals surface area contributed by atoms with Gasteiger partial charge in [0.15, 0.2) is 0 Å². The minimum atomic E-state index is 0.508. The molecule has 1 atom stereocenters. The number of hydrogen-bond donors (Lipinski definition) is 1. The summed E-state index contributed by atoms with van der Waals surface area (Å²) in [7, 11) is 1.77. The van der Waals surface area contributed by atoms with Gasteiger partial charge in [0, 0.05) is 19.8 Å². The van der Waals surface area contributed by atoms with Gasteiger partial charge in [0.2, 0.25) is 0 Å². The van der Waals surface area contributed by atoms with Crippen molar-refractivity contribution in [1.29, 1.82) is 0 Å². The van der Waals surface area contributed by atoms with Crippen molar-refractivity contribution in [2.24, 2.45) is 0 Å². The van der Waals surface area contributed by atoms with E-state index in [9.17, 15) is 0 Å². The zero-order valence-electron chi connectivity index (χ0n) is 11.8. The lowest BCUT2D eigenvalue weighted by Crippen LogP contribution is -2.22. The monoisotopic (exact) mass is 249 g/mol. The Morgan fingerprint density at radius 1 is 1.11 bits per heavy atom. The molecule has 2 heteroatoms. The molecule has 2 nitrogen and oxygen atoms in total. The van der Waals surface area contributed by atoms with E-state index in [0.717, 1.165) is 13.2 Å². The fourth-order valence-electron chi connectivity index (χ4n) is 2.16. The van der Waals surface area contributed by atoms with Crippen LogP contribution in [0.2, 0.25) is 0 Å². The summed E-state index contributed by atoms with van der Waals surface area (Å²) in [6.07, 6.45) is 6.09. The number of hydrogen-bond acceptors (Lipinski definition) is 2. The topological polar surface area (TPSA) is 21.3 Å². The first-order chi connectivity index (χ1) is 8.88.